The molecule has 0 saturated carbocycles. The van der Waals surface area contributed by atoms with Crippen LogP contribution in [0.3, 0.4) is 0 Å². The second kappa shape index (κ2) is 9.99. The fourth-order valence-corrected chi connectivity index (χ4v) is 2.20. The molecule has 0 aromatic carbocycles. The van der Waals surface area contributed by atoms with Crippen molar-refractivity contribution in [3.63, 3.8) is 0 Å². The van der Waals surface area contributed by atoms with Gasteiger partial charge in [-0.05, 0) is 37.8 Å². The minimum atomic E-state index is -4.47. The van der Waals surface area contributed by atoms with Gasteiger partial charge in [0.2, 0.25) is 0 Å². The molecule has 0 fully saturated rings. The number of hydrogen-bond acceptors (Lipinski definition) is 4. The van der Waals surface area contributed by atoms with E-state index in [4.69, 9.17) is 10.1 Å². The standard InChI is InChI=1S/C20H28F3NO3/c1-4-6-7-8-15(27-13-20(21,22)23)11-17(25)16(14-9-10-14)12-18(24)19(3,26)5-2/h7-9,12,15,24,26H,4-6,10-11,13H2,1-3H3/b8-7-,16-12-,24-18?. The number of carbonyl (C=O) groups is 1. The van der Waals surface area contributed by atoms with Gasteiger partial charge in [-0.15, -0.1) is 0 Å². The number of halogens is 3. The molecule has 1 rings (SSSR count). The van der Waals surface area contributed by atoms with Crippen molar-refractivity contribution in [2.24, 2.45) is 0 Å². The van der Waals surface area contributed by atoms with E-state index in [2.05, 4.69) is 0 Å². The highest BCUT2D eigenvalue weighted by atomic mass is 19.4. The van der Waals surface area contributed by atoms with Crippen LogP contribution in [0, 0.1) is 5.41 Å². The Balaban J connectivity index is 2.92. The molecule has 0 bridgehead atoms. The molecule has 0 aromatic rings. The van der Waals surface area contributed by atoms with Crippen molar-refractivity contribution in [1.82, 2.24) is 0 Å². The Bertz CT molecular complexity index is 631. The molecule has 0 spiro atoms. The molecular weight excluding hydrogens is 359 g/mol. The maximum absolute atomic E-state index is 12.7. The van der Waals surface area contributed by atoms with E-state index in [0.29, 0.717) is 19.3 Å². The van der Waals surface area contributed by atoms with Crippen molar-refractivity contribution in [2.75, 3.05) is 6.61 Å². The van der Waals surface area contributed by atoms with Gasteiger partial charge in [0.15, 0.2) is 5.78 Å². The zero-order chi connectivity index (χ0) is 20.7. The van der Waals surface area contributed by atoms with E-state index in [1.165, 1.54) is 19.1 Å². The average Bonchev–Trinajstić information content (AvgIpc) is 3.41. The highest BCUT2D eigenvalue weighted by Crippen LogP contribution is 2.30. The van der Waals surface area contributed by atoms with E-state index in [1.807, 2.05) is 6.92 Å². The van der Waals surface area contributed by atoms with Gasteiger partial charge in [0.1, 0.15) is 12.2 Å². The van der Waals surface area contributed by atoms with Gasteiger partial charge in [-0.2, -0.15) is 13.2 Å². The van der Waals surface area contributed by atoms with E-state index in [1.54, 1.807) is 19.1 Å². The highest BCUT2D eigenvalue weighted by Gasteiger charge is 2.31. The van der Waals surface area contributed by atoms with Crippen LogP contribution in [-0.4, -0.2) is 41.1 Å². The summed E-state index contributed by atoms with van der Waals surface area (Å²) in [5.41, 5.74) is -0.466. The molecule has 152 valence electrons. The quantitative estimate of drug-likeness (QED) is 0.290. The molecule has 0 radical (unpaired) electrons. The van der Waals surface area contributed by atoms with Gasteiger partial charge in [0.05, 0.1) is 11.8 Å². The third-order valence-electron chi connectivity index (χ3n) is 4.27. The topological polar surface area (TPSA) is 70.4 Å². The Morgan fingerprint density at radius 3 is 2.52 bits per heavy atom. The van der Waals surface area contributed by atoms with Gasteiger partial charge in [0, 0.05) is 12.0 Å². The Morgan fingerprint density at radius 1 is 1.41 bits per heavy atom. The molecule has 0 amide bonds. The summed E-state index contributed by atoms with van der Waals surface area (Å²) in [6.45, 7) is 3.72. The molecule has 4 nitrogen and oxygen atoms in total. The second-order valence-corrected chi connectivity index (χ2v) is 6.84. The first-order chi connectivity index (χ1) is 12.5. The van der Waals surface area contributed by atoms with Crippen LogP contribution in [0.4, 0.5) is 13.2 Å². The molecule has 0 saturated heterocycles. The molecule has 2 N–H and O–H groups in total. The largest absolute Gasteiger partial charge is 0.411 e. The first kappa shape index (κ1) is 23.3. The number of ether oxygens (including phenoxy) is 1. The monoisotopic (exact) mass is 387 g/mol. The fourth-order valence-electron chi connectivity index (χ4n) is 2.20. The molecule has 2 unspecified atom stereocenters. The summed E-state index contributed by atoms with van der Waals surface area (Å²) in [7, 11) is 0. The summed E-state index contributed by atoms with van der Waals surface area (Å²) in [6, 6.07) is 0. The van der Waals surface area contributed by atoms with Crippen LogP contribution >= 0.6 is 0 Å². The van der Waals surface area contributed by atoms with E-state index < -0.39 is 30.3 Å². The molecule has 1 aliphatic rings. The lowest BCUT2D eigenvalue weighted by Crippen LogP contribution is -2.33. The van der Waals surface area contributed by atoms with Crippen molar-refractivity contribution in [2.45, 2.75) is 70.8 Å². The zero-order valence-corrected chi connectivity index (χ0v) is 16.0. The van der Waals surface area contributed by atoms with E-state index in [-0.39, 0.29) is 17.7 Å². The van der Waals surface area contributed by atoms with Crippen molar-refractivity contribution in [1.29, 1.82) is 5.41 Å². The van der Waals surface area contributed by atoms with E-state index in [9.17, 15) is 23.1 Å². The van der Waals surface area contributed by atoms with E-state index >= 15 is 0 Å². The van der Waals surface area contributed by atoms with Crippen molar-refractivity contribution in [3.8, 4) is 0 Å². The van der Waals surface area contributed by atoms with Gasteiger partial charge in [-0.1, -0.05) is 38.5 Å². The smallest absolute Gasteiger partial charge is 0.384 e. The van der Waals surface area contributed by atoms with Gasteiger partial charge in [-0.25, -0.2) is 0 Å². The lowest BCUT2D eigenvalue weighted by molar-refractivity contribution is -0.181. The Kier molecular flexibility index (Phi) is 8.62. The number of carbonyl (C=O) groups excluding carboxylic acids is 1. The molecule has 0 aromatic heterocycles. The Hall–Kier alpha value is -1.73. The van der Waals surface area contributed by atoms with Gasteiger partial charge in [0.25, 0.3) is 0 Å². The number of ketones is 1. The predicted molar refractivity (Wildman–Crippen MR) is 98.9 cm³/mol. The van der Waals surface area contributed by atoms with Crippen LogP contribution in [0.1, 0.15) is 52.9 Å². The normalized spacial score (nSPS) is 18.2. The molecule has 1 aliphatic carbocycles. The van der Waals surface area contributed by atoms with Gasteiger partial charge < -0.3 is 15.3 Å². The molecule has 0 heterocycles. The number of unbranched alkanes of at least 4 members (excludes halogenated alkanes) is 1. The SMILES string of the molecule is CCC/C=C\C(CC(=O)/C(=C\C(=N)C(C)(O)CC)C1=CC1)OCC(F)(F)F. The number of alkyl halides is 3. The number of Topliss-reactive ketones (excluding diaryl/α,β-unsaturated/α-hetero) is 1. The Morgan fingerprint density at radius 2 is 2.04 bits per heavy atom. The average molecular weight is 387 g/mol. The lowest BCUT2D eigenvalue weighted by Gasteiger charge is -2.21. The fraction of sp³-hybridized carbons (Fsp3) is 0.600. The number of aliphatic hydroxyl groups is 1. The first-order valence-corrected chi connectivity index (χ1v) is 9.10. The number of nitrogens with one attached hydrogen (secondary N) is 1. The molecular formula is C20H28F3NO3. The maximum atomic E-state index is 12.7. The Labute approximate surface area is 158 Å². The summed E-state index contributed by atoms with van der Waals surface area (Å²) in [5.74, 6) is -0.399. The zero-order valence-electron chi connectivity index (χ0n) is 16.0. The van der Waals surface area contributed by atoms with Crippen LogP contribution < -0.4 is 0 Å². The number of hydrogen-bond donors (Lipinski definition) is 2. The molecule has 2 atom stereocenters. The highest BCUT2D eigenvalue weighted by molar-refractivity contribution is 6.09. The van der Waals surface area contributed by atoms with Crippen LogP contribution in [0.5, 0.6) is 0 Å². The third-order valence-corrected chi connectivity index (χ3v) is 4.27. The summed E-state index contributed by atoms with van der Waals surface area (Å²) >= 11 is 0. The van der Waals surface area contributed by atoms with Crippen molar-refractivity contribution >= 4 is 11.5 Å². The summed E-state index contributed by atoms with van der Waals surface area (Å²) in [6.07, 6.45) is 3.01. The number of allylic oxidation sites excluding steroid dienone is 4. The lowest BCUT2D eigenvalue weighted by atomic mass is 9.92. The van der Waals surface area contributed by atoms with Crippen molar-refractivity contribution in [3.05, 3.63) is 35.5 Å². The first-order valence-electron chi connectivity index (χ1n) is 9.10. The summed E-state index contributed by atoms with van der Waals surface area (Å²) < 4.78 is 42.3. The van der Waals surface area contributed by atoms with Crippen LogP contribution in [-0.2, 0) is 9.53 Å². The predicted octanol–water partition coefficient (Wildman–Crippen LogP) is 4.69. The molecule has 27 heavy (non-hydrogen) atoms. The maximum Gasteiger partial charge on any atom is 0.411 e. The van der Waals surface area contributed by atoms with E-state index in [0.717, 1.165) is 12.0 Å². The molecule has 7 heteroatoms. The third kappa shape index (κ3) is 8.67. The summed E-state index contributed by atoms with van der Waals surface area (Å²) in [4.78, 5) is 12.7. The minimum absolute atomic E-state index is 0.101. The second-order valence-electron chi connectivity index (χ2n) is 6.84. The minimum Gasteiger partial charge on any atom is -0.384 e. The van der Waals surface area contributed by atoms with Crippen LogP contribution in [0.25, 0.3) is 0 Å². The van der Waals surface area contributed by atoms with Crippen molar-refractivity contribution < 1.29 is 27.8 Å². The van der Waals surface area contributed by atoms with Crippen LogP contribution in [0.15, 0.2) is 35.5 Å². The number of rotatable bonds is 12. The van der Waals surface area contributed by atoms with Crippen LogP contribution in [0.2, 0.25) is 0 Å². The summed E-state index contributed by atoms with van der Waals surface area (Å²) in [5, 5.41) is 18.2. The van der Waals surface area contributed by atoms with Gasteiger partial charge in [-0.3, -0.25) is 4.79 Å². The molecule has 0 aliphatic heterocycles. The van der Waals surface area contributed by atoms with Gasteiger partial charge >= 0.3 is 6.18 Å².